The summed E-state index contributed by atoms with van der Waals surface area (Å²) in [5.41, 5.74) is 1.47. The summed E-state index contributed by atoms with van der Waals surface area (Å²) in [7, 11) is 0. The van der Waals surface area contributed by atoms with Gasteiger partial charge in [0.2, 0.25) is 0 Å². The minimum Gasteiger partial charge on any atom is -0.481 e. The minimum absolute atomic E-state index is 0.0258. The van der Waals surface area contributed by atoms with E-state index in [4.69, 9.17) is 14.3 Å². The van der Waals surface area contributed by atoms with E-state index in [0.29, 0.717) is 42.7 Å². The lowest BCUT2D eigenvalue weighted by molar-refractivity contribution is -0.140. The molecular weight excluding hydrogens is 452 g/mol. The molecule has 186 valence electrons. The molecule has 0 aliphatic carbocycles. The van der Waals surface area contributed by atoms with Crippen LogP contribution in [0.25, 0.3) is 21.7 Å². The largest absolute Gasteiger partial charge is 0.481 e. The molecule has 0 saturated carbocycles. The van der Waals surface area contributed by atoms with Gasteiger partial charge in [0.15, 0.2) is 0 Å². The maximum atomic E-state index is 12.4. The normalized spacial score (nSPS) is 15.4. The van der Waals surface area contributed by atoms with Crippen LogP contribution in [0.3, 0.4) is 0 Å². The Hall–Kier alpha value is -3.75. The SMILES string of the molecule is CC(C)(C)OC(=O)N1CCN(c2cccc3c2ccc2occ([C@@H](CCC(=O)O)C(=O)O)c23)CC1. The van der Waals surface area contributed by atoms with Crippen molar-refractivity contribution in [3.8, 4) is 0 Å². The first-order chi connectivity index (χ1) is 16.5. The van der Waals surface area contributed by atoms with Gasteiger partial charge >= 0.3 is 18.0 Å². The van der Waals surface area contributed by atoms with Crippen LogP contribution in [-0.2, 0) is 14.3 Å². The minimum atomic E-state index is -1.08. The first-order valence-corrected chi connectivity index (χ1v) is 11.7. The molecule has 3 aromatic rings. The van der Waals surface area contributed by atoms with Crippen LogP contribution in [0.5, 0.6) is 0 Å². The highest BCUT2D eigenvalue weighted by molar-refractivity contribution is 6.12. The van der Waals surface area contributed by atoms with Crippen molar-refractivity contribution in [3.63, 3.8) is 0 Å². The number of furan rings is 1. The quantitative estimate of drug-likeness (QED) is 0.520. The smallest absolute Gasteiger partial charge is 0.410 e. The number of carbonyl (C=O) groups is 3. The fourth-order valence-electron chi connectivity index (χ4n) is 4.57. The number of carboxylic acids is 2. The van der Waals surface area contributed by atoms with Gasteiger partial charge in [-0.2, -0.15) is 0 Å². The predicted molar refractivity (Wildman–Crippen MR) is 131 cm³/mol. The third-order valence-electron chi connectivity index (χ3n) is 6.19. The number of hydrogen-bond acceptors (Lipinski definition) is 6. The average Bonchev–Trinajstić information content (AvgIpc) is 3.22. The molecule has 9 nitrogen and oxygen atoms in total. The highest BCUT2D eigenvalue weighted by Gasteiger charge is 2.28. The van der Waals surface area contributed by atoms with Crippen molar-refractivity contribution in [1.29, 1.82) is 0 Å². The zero-order valence-corrected chi connectivity index (χ0v) is 20.1. The van der Waals surface area contributed by atoms with Crippen LogP contribution in [0.1, 0.15) is 45.1 Å². The van der Waals surface area contributed by atoms with Crippen LogP contribution >= 0.6 is 0 Å². The molecule has 1 fully saturated rings. The number of fused-ring (bicyclic) bond motifs is 3. The first kappa shape index (κ1) is 24.4. The van der Waals surface area contributed by atoms with Gasteiger partial charge in [0.1, 0.15) is 11.2 Å². The van der Waals surface area contributed by atoms with Gasteiger partial charge in [-0.3, -0.25) is 9.59 Å². The second-order valence-corrected chi connectivity index (χ2v) is 9.78. The molecule has 1 aliphatic rings. The second kappa shape index (κ2) is 9.48. The van der Waals surface area contributed by atoms with E-state index in [9.17, 15) is 19.5 Å². The molecule has 0 spiro atoms. The molecule has 2 heterocycles. The van der Waals surface area contributed by atoms with E-state index in [1.165, 1.54) is 6.26 Å². The fourth-order valence-corrected chi connectivity index (χ4v) is 4.57. The first-order valence-electron chi connectivity index (χ1n) is 11.7. The molecule has 2 N–H and O–H groups in total. The Kier molecular flexibility index (Phi) is 6.60. The van der Waals surface area contributed by atoms with Crippen molar-refractivity contribution in [2.75, 3.05) is 31.1 Å². The molecule has 1 saturated heterocycles. The zero-order chi connectivity index (χ0) is 25.3. The summed E-state index contributed by atoms with van der Waals surface area (Å²) < 4.78 is 11.2. The van der Waals surface area contributed by atoms with Crippen molar-refractivity contribution < 1.29 is 33.8 Å². The molecule has 2 aromatic carbocycles. The molecule has 1 aliphatic heterocycles. The standard InChI is InChI=1S/C26H30N2O7/c1-26(2,3)35-25(33)28-13-11-27(12-14-28)20-6-4-5-17-16(20)7-9-21-23(17)19(15-34-21)18(24(31)32)8-10-22(29)30/h4-7,9,15,18H,8,10-14H2,1-3H3,(H,29,30)(H,31,32)/t18-/m1/s1. The Morgan fingerprint density at radius 2 is 1.74 bits per heavy atom. The van der Waals surface area contributed by atoms with Crippen molar-refractivity contribution in [2.45, 2.75) is 45.1 Å². The summed E-state index contributed by atoms with van der Waals surface area (Å²) in [5, 5.41) is 21.3. The third-order valence-corrected chi connectivity index (χ3v) is 6.19. The summed E-state index contributed by atoms with van der Waals surface area (Å²) in [4.78, 5) is 39.4. The van der Waals surface area contributed by atoms with Crippen LogP contribution in [0.4, 0.5) is 10.5 Å². The Bertz CT molecular complexity index is 1270. The molecule has 9 heteroatoms. The predicted octanol–water partition coefficient (Wildman–Crippen LogP) is 4.68. The Balaban J connectivity index is 1.65. The number of rotatable bonds is 6. The van der Waals surface area contributed by atoms with E-state index in [0.717, 1.165) is 16.5 Å². The Morgan fingerprint density at radius 3 is 2.37 bits per heavy atom. The maximum Gasteiger partial charge on any atom is 0.410 e. The molecular formula is C26H30N2O7. The highest BCUT2D eigenvalue weighted by Crippen LogP contribution is 2.39. The van der Waals surface area contributed by atoms with Gasteiger partial charge in [0, 0.05) is 54.6 Å². The van der Waals surface area contributed by atoms with Gasteiger partial charge in [-0.25, -0.2) is 4.79 Å². The van der Waals surface area contributed by atoms with Crippen molar-refractivity contribution in [3.05, 3.63) is 42.2 Å². The second-order valence-electron chi connectivity index (χ2n) is 9.78. The van der Waals surface area contributed by atoms with Crippen LogP contribution in [0.15, 0.2) is 41.0 Å². The topological polar surface area (TPSA) is 121 Å². The monoisotopic (exact) mass is 482 g/mol. The molecule has 35 heavy (non-hydrogen) atoms. The summed E-state index contributed by atoms with van der Waals surface area (Å²) in [6.45, 7) is 7.85. The molecule has 1 atom stereocenters. The molecule has 0 bridgehead atoms. The number of ether oxygens (including phenoxy) is 1. The Labute approximate surface area is 202 Å². The molecule has 0 unspecified atom stereocenters. The van der Waals surface area contributed by atoms with E-state index in [1.807, 2.05) is 51.1 Å². The zero-order valence-electron chi connectivity index (χ0n) is 20.1. The number of amides is 1. The van der Waals surface area contributed by atoms with Gasteiger partial charge in [-0.1, -0.05) is 12.1 Å². The van der Waals surface area contributed by atoms with Crippen LogP contribution < -0.4 is 4.90 Å². The molecule has 4 rings (SSSR count). The van der Waals surface area contributed by atoms with E-state index in [1.54, 1.807) is 4.90 Å². The number of carbonyl (C=O) groups excluding carboxylic acids is 1. The number of benzene rings is 2. The van der Waals surface area contributed by atoms with Crippen molar-refractivity contribution in [1.82, 2.24) is 4.90 Å². The van der Waals surface area contributed by atoms with Gasteiger partial charge in [0.25, 0.3) is 0 Å². The fraction of sp³-hybridized carbons (Fsp3) is 0.423. The van der Waals surface area contributed by atoms with E-state index >= 15 is 0 Å². The number of nitrogens with zero attached hydrogens (tertiary/aromatic N) is 2. The van der Waals surface area contributed by atoms with Gasteiger partial charge in [-0.05, 0) is 50.8 Å². The van der Waals surface area contributed by atoms with Gasteiger partial charge in [-0.15, -0.1) is 0 Å². The van der Waals surface area contributed by atoms with Gasteiger partial charge < -0.3 is 29.2 Å². The third kappa shape index (κ3) is 5.18. The van der Waals surface area contributed by atoms with E-state index in [2.05, 4.69) is 4.90 Å². The number of piperazine rings is 1. The molecule has 0 radical (unpaired) electrons. The number of carboxylic acid groups (broad SMARTS) is 2. The number of anilines is 1. The summed E-state index contributed by atoms with van der Waals surface area (Å²) in [5.74, 6) is -3.11. The van der Waals surface area contributed by atoms with Gasteiger partial charge in [0.05, 0.1) is 12.2 Å². The maximum absolute atomic E-state index is 12.4. The van der Waals surface area contributed by atoms with E-state index < -0.39 is 23.5 Å². The molecule has 1 aromatic heterocycles. The van der Waals surface area contributed by atoms with Crippen molar-refractivity contribution in [2.24, 2.45) is 0 Å². The lowest BCUT2D eigenvalue weighted by Gasteiger charge is -2.37. The summed E-state index contributed by atoms with van der Waals surface area (Å²) in [6, 6.07) is 9.62. The van der Waals surface area contributed by atoms with Crippen LogP contribution in [0, 0.1) is 0 Å². The summed E-state index contributed by atoms with van der Waals surface area (Å²) >= 11 is 0. The average molecular weight is 483 g/mol. The lowest BCUT2D eigenvalue weighted by Crippen LogP contribution is -2.50. The lowest BCUT2D eigenvalue weighted by atomic mass is 9.91. The highest BCUT2D eigenvalue weighted by atomic mass is 16.6. The number of aliphatic carboxylic acids is 2. The van der Waals surface area contributed by atoms with Crippen LogP contribution in [-0.4, -0.2) is 64.9 Å². The molecule has 1 amide bonds. The summed E-state index contributed by atoms with van der Waals surface area (Å²) in [6.07, 6.45) is 0.835. The Morgan fingerprint density at radius 1 is 1.03 bits per heavy atom. The van der Waals surface area contributed by atoms with E-state index in [-0.39, 0.29) is 18.9 Å². The van der Waals surface area contributed by atoms with Crippen LogP contribution in [0.2, 0.25) is 0 Å². The van der Waals surface area contributed by atoms with Crippen molar-refractivity contribution >= 4 is 45.5 Å². The number of hydrogen-bond donors (Lipinski definition) is 2.